The van der Waals surface area contributed by atoms with Gasteiger partial charge in [-0.2, -0.15) is 0 Å². The Labute approximate surface area is 149 Å². The van der Waals surface area contributed by atoms with E-state index >= 15 is 0 Å². The molecule has 0 aliphatic heterocycles. The molecule has 0 radical (unpaired) electrons. The van der Waals surface area contributed by atoms with Gasteiger partial charge in [-0.3, -0.25) is 4.79 Å². The number of nitrogens with zero attached hydrogens (tertiary/aromatic N) is 1. The molecule has 3 aromatic rings. The lowest BCUT2D eigenvalue weighted by Gasteiger charge is -2.09. The maximum Gasteiger partial charge on any atom is 0.270 e. The first-order valence-corrected chi connectivity index (χ1v) is 8.04. The number of anilines is 2. The van der Waals surface area contributed by atoms with Gasteiger partial charge in [-0.1, -0.05) is 35.9 Å². The lowest BCUT2D eigenvalue weighted by Crippen LogP contribution is -2.23. The molecule has 0 saturated carbocycles. The van der Waals surface area contributed by atoms with Crippen LogP contribution in [0.3, 0.4) is 0 Å². The van der Waals surface area contributed by atoms with Crippen LogP contribution in [0.1, 0.15) is 21.6 Å². The highest BCUT2D eigenvalue weighted by atomic mass is 19.1. The van der Waals surface area contributed by atoms with Crippen molar-refractivity contribution in [2.24, 2.45) is 0 Å². The van der Waals surface area contributed by atoms with Crippen LogP contribution < -0.4 is 10.6 Å². The van der Waals surface area contributed by atoms with Gasteiger partial charge in [0, 0.05) is 6.54 Å². The van der Waals surface area contributed by atoms with Crippen molar-refractivity contribution in [3.05, 3.63) is 89.2 Å². The van der Waals surface area contributed by atoms with Crippen LogP contribution in [-0.4, -0.2) is 10.9 Å². The highest BCUT2D eigenvalue weighted by Gasteiger charge is 2.10. The van der Waals surface area contributed by atoms with E-state index < -0.39 is 11.6 Å². The Balaban J connectivity index is 1.64. The first kappa shape index (κ1) is 17.5. The fourth-order valence-electron chi connectivity index (χ4n) is 2.46. The molecular weight excluding hydrogens is 336 g/mol. The molecule has 1 heterocycles. The molecule has 0 atom stereocenters. The number of rotatable bonds is 5. The topological polar surface area (TPSA) is 54.0 Å². The molecule has 0 saturated heterocycles. The van der Waals surface area contributed by atoms with Gasteiger partial charge >= 0.3 is 0 Å². The SMILES string of the molecule is Cc1cccc(CNC(=O)c2ccc(Nc3c(F)cccc3F)cn2)c1. The van der Waals surface area contributed by atoms with Crippen LogP contribution >= 0.6 is 0 Å². The second kappa shape index (κ2) is 7.74. The fourth-order valence-corrected chi connectivity index (χ4v) is 2.46. The molecular formula is C20H17F2N3O. The van der Waals surface area contributed by atoms with E-state index in [1.165, 1.54) is 18.3 Å². The molecule has 0 fully saturated rings. The number of benzene rings is 2. The Morgan fingerprint density at radius 3 is 2.42 bits per heavy atom. The number of hydrogen-bond donors (Lipinski definition) is 2. The minimum absolute atomic E-state index is 0.220. The normalized spacial score (nSPS) is 10.4. The average Bonchev–Trinajstić information content (AvgIpc) is 2.63. The standard InChI is InChI=1S/C20H17F2N3O/c1-13-4-2-5-14(10-13)11-24-20(26)18-9-8-15(12-23-18)25-19-16(21)6-3-7-17(19)22/h2-10,12,25H,11H2,1H3,(H,24,26). The number of carbonyl (C=O) groups is 1. The lowest BCUT2D eigenvalue weighted by molar-refractivity contribution is 0.0946. The average molecular weight is 353 g/mol. The Hall–Kier alpha value is -3.28. The van der Waals surface area contributed by atoms with Gasteiger partial charge in [-0.25, -0.2) is 13.8 Å². The maximum absolute atomic E-state index is 13.6. The minimum Gasteiger partial charge on any atom is -0.349 e. The Morgan fingerprint density at radius 2 is 1.77 bits per heavy atom. The van der Waals surface area contributed by atoms with Crippen molar-refractivity contribution in [3.8, 4) is 0 Å². The number of aromatic nitrogens is 1. The third kappa shape index (κ3) is 4.22. The predicted molar refractivity (Wildman–Crippen MR) is 96.2 cm³/mol. The zero-order valence-corrected chi connectivity index (χ0v) is 14.1. The summed E-state index contributed by atoms with van der Waals surface area (Å²) in [6.07, 6.45) is 1.35. The molecule has 0 aliphatic rings. The van der Waals surface area contributed by atoms with Crippen LogP contribution in [0.15, 0.2) is 60.8 Å². The first-order chi connectivity index (χ1) is 12.5. The second-order valence-electron chi connectivity index (χ2n) is 5.83. The van der Waals surface area contributed by atoms with Gasteiger partial charge in [-0.15, -0.1) is 0 Å². The Morgan fingerprint density at radius 1 is 1.04 bits per heavy atom. The Kier molecular flexibility index (Phi) is 5.22. The van der Waals surface area contributed by atoms with Gasteiger partial charge in [0.1, 0.15) is 23.0 Å². The van der Waals surface area contributed by atoms with E-state index in [1.54, 1.807) is 6.07 Å². The van der Waals surface area contributed by atoms with Crippen molar-refractivity contribution in [1.29, 1.82) is 0 Å². The molecule has 4 nitrogen and oxygen atoms in total. The van der Waals surface area contributed by atoms with E-state index in [0.717, 1.165) is 23.3 Å². The van der Waals surface area contributed by atoms with Crippen molar-refractivity contribution in [2.75, 3.05) is 5.32 Å². The number of nitrogens with one attached hydrogen (secondary N) is 2. The molecule has 3 rings (SSSR count). The highest BCUT2D eigenvalue weighted by molar-refractivity contribution is 5.92. The summed E-state index contributed by atoms with van der Waals surface area (Å²) in [6.45, 7) is 2.37. The summed E-state index contributed by atoms with van der Waals surface area (Å²) >= 11 is 0. The van der Waals surface area contributed by atoms with Crippen molar-refractivity contribution in [2.45, 2.75) is 13.5 Å². The molecule has 1 aromatic heterocycles. The van der Waals surface area contributed by atoms with Gasteiger partial charge in [-0.05, 0) is 36.8 Å². The van der Waals surface area contributed by atoms with Gasteiger partial charge in [0.2, 0.25) is 0 Å². The predicted octanol–water partition coefficient (Wildman–Crippen LogP) is 4.34. The number of para-hydroxylation sites is 1. The summed E-state index contributed by atoms with van der Waals surface area (Å²) in [5, 5.41) is 5.41. The van der Waals surface area contributed by atoms with E-state index in [1.807, 2.05) is 31.2 Å². The summed E-state index contributed by atoms with van der Waals surface area (Å²) in [4.78, 5) is 16.2. The van der Waals surface area contributed by atoms with Gasteiger partial charge in [0.05, 0.1) is 11.9 Å². The third-order valence-corrected chi connectivity index (χ3v) is 3.76. The lowest BCUT2D eigenvalue weighted by atomic mass is 10.1. The van der Waals surface area contributed by atoms with Crippen molar-refractivity contribution >= 4 is 17.3 Å². The molecule has 132 valence electrons. The zero-order valence-electron chi connectivity index (χ0n) is 14.1. The Bertz CT molecular complexity index is 906. The van der Waals surface area contributed by atoms with Gasteiger partial charge < -0.3 is 10.6 Å². The summed E-state index contributed by atoms with van der Waals surface area (Å²) in [5.74, 6) is -1.73. The maximum atomic E-state index is 13.6. The van der Waals surface area contributed by atoms with Crippen LogP contribution in [0.2, 0.25) is 0 Å². The van der Waals surface area contributed by atoms with Crippen molar-refractivity contribution < 1.29 is 13.6 Å². The number of amides is 1. The molecule has 0 spiro atoms. The van der Waals surface area contributed by atoms with E-state index in [9.17, 15) is 13.6 Å². The van der Waals surface area contributed by atoms with Crippen LogP contribution in [-0.2, 0) is 6.54 Å². The number of carbonyl (C=O) groups excluding carboxylic acids is 1. The zero-order chi connectivity index (χ0) is 18.5. The number of halogens is 2. The molecule has 0 aliphatic carbocycles. The van der Waals surface area contributed by atoms with Crippen LogP contribution in [0.25, 0.3) is 0 Å². The van der Waals surface area contributed by atoms with Crippen molar-refractivity contribution in [3.63, 3.8) is 0 Å². The fraction of sp³-hybridized carbons (Fsp3) is 0.100. The van der Waals surface area contributed by atoms with E-state index in [2.05, 4.69) is 15.6 Å². The number of hydrogen-bond acceptors (Lipinski definition) is 3. The van der Waals surface area contributed by atoms with E-state index in [4.69, 9.17) is 0 Å². The van der Waals surface area contributed by atoms with Crippen LogP contribution in [0, 0.1) is 18.6 Å². The number of aryl methyl sites for hydroxylation is 1. The minimum atomic E-state index is -0.704. The van der Waals surface area contributed by atoms with Crippen LogP contribution in [0.5, 0.6) is 0 Å². The molecule has 1 amide bonds. The summed E-state index contributed by atoms with van der Waals surface area (Å²) < 4.78 is 27.3. The molecule has 0 unspecified atom stereocenters. The molecule has 2 N–H and O–H groups in total. The molecule has 2 aromatic carbocycles. The molecule has 0 bridgehead atoms. The van der Waals surface area contributed by atoms with Crippen molar-refractivity contribution in [1.82, 2.24) is 10.3 Å². The smallest absolute Gasteiger partial charge is 0.270 e. The quantitative estimate of drug-likeness (QED) is 0.717. The van der Waals surface area contributed by atoms with E-state index in [-0.39, 0.29) is 17.3 Å². The largest absolute Gasteiger partial charge is 0.349 e. The summed E-state index contributed by atoms with van der Waals surface area (Å²) in [6, 6.07) is 14.5. The monoisotopic (exact) mass is 353 g/mol. The molecule has 26 heavy (non-hydrogen) atoms. The van der Waals surface area contributed by atoms with Crippen LogP contribution in [0.4, 0.5) is 20.2 Å². The van der Waals surface area contributed by atoms with Gasteiger partial charge in [0.25, 0.3) is 5.91 Å². The number of pyridine rings is 1. The molecule has 6 heteroatoms. The second-order valence-corrected chi connectivity index (χ2v) is 5.83. The summed E-state index contributed by atoms with van der Waals surface area (Å²) in [5.41, 5.74) is 2.45. The highest BCUT2D eigenvalue weighted by Crippen LogP contribution is 2.22. The first-order valence-electron chi connectivity index (χ1n) is 8.04. The van der Waals surface area contributed by atoms with E-state index in [0.29, 0.717) is 12.2 Å². The third-order valence-electron chi connectivity index (χ3n) is 3.76. The summed E-state index contributed by atoms with van der Waals surface area (Å²) in [7, 11) is 0. The van der Waals surface area contributed by atoms with Gasteiger partial charge in [0.15, 0.2) is 0 Å².